The first kappa shape index (κ1) is 19.4. The van der Waals surface area contributed by atoms with E-state index in [4.69, 9.17) is 9.47 Å². The van der Waals surface area contributed by atoms with Gasteiger partial charge >= 0.3 is 11.3 Å². The van der Waals surface area contributed by atoms with Gasteiger partial charge in [0.1, 0.15) is 11.8 Å². The quantitative estimate of drug-likeness (QED) is 0.619. The lowest BCUT2D eigenvalue weighted by molar-refractivity contribution is -0.145. The number of benzene rings is 1. The summed E-state index contributed by atoms with van der Waals surface area (Å²) in [5.74, 6) is -0.490. The van der Waals surface area contributed by atoms with Gasteiger partial charge < -0.3 is 14.8 Å². The molecule has 0 radical (unpaired) electrons. The Morgan fingerprint density at radius 1 is 1.17 bits per heavy atom. The van der Waals surface area contributed by atoms with Gasteiger partial charge in [0, 0.05) is 17.7 Å². The van der Waals surface area contributed by atoms with Gasteiger partial charge in [0.2, 0.25) is 5.91 Å². The summed E-state index contributed by atoms with van der Waals surface area (Å²) in [5.41, 5.74) is 0. The minimum absolute atomic E-state index is 0.356. The SMILES string of the molecule is COC(=O)C(NC(C)=O)C(C)(C)SSC(=O)Oc1ccccc1. The summed E-state index contributed by atoms with van der Waals surface area (Å²) in [6, 6.07) is 7.79. The van der Waals surface area contributed by atoms with Crippen molar-refractivity contribution in [2.75, 3.05) is 7.11 Å². The molecule has 0 heterocycles. The fraction of sp³-hybridized carbons (Fsp3) is 0.400. The Labute approximate surface area is 143 Å². The molecule has 1 amide bonds. The Bertz CT molecular complexity index is 562. The second-order valence-electron chi connectivity index (χ2n) is 5.09. The largest absolute Gasteiger partial charge is 0.467 e. The van der Waals surface area contributed by atoms with Crippen LogP contribution in [-0.2, 0) is 14.3 Å². The molecule has 1 N–H and O–H groups in total. The third kappa shape index (κ3) is 6.54. The van der Waals surface area contributed by atoms with Crippen LogP contribution < -0.4 is 10.1 Å². The number of rotatable bonds is 6. The van der Waals surface area contributed by atoms with E-state index in [0.717, 1.165) is 21.6 Å². The van der Waals surface area contributed by atoms with E-state index in [0.29, 0.717) is 5.75 Å². The van der Waals surface area contributed by atoms with Gasteiger partial charge in [-0.05, 0) is 26.0 Å². The van der Waals surface area contributed by atoms with Crippen molar-refractivity contribution in [2.45, 2.75) is 31.6 Å². The van der Waals surface area contributed by atoms with Gasteiger partial charge in [-0.2, -0.15) is 0 Å². The fourth-order valence-corrected chi connectivity index (χ4v) is 3.53. The predicted molar refractivity (Wildman–Crippen MR) is 91.3 cm³/mol. The summed E-state index contributed by atoms with van der Waals surface area (Å²) in [6.07, 6.45) is 0. The molecule has 126 valence electrons. The predicted octanol–water partition coefficient (Wildman–Crippen LogP) is 3.02. The van der Waals surface area contributed by atoms with Gasteiger partial charge in [-0.3, -0.25) is 4.79 Å². The first-order valence-electron chi connectivity index (χ1n) is 6.73. The van der Waals surface area contributed by atoms with Crippen molar-refractivity contribution in [1.29, 1.82) is 0 Å². The molecular formula is C15H19NO5S2. The monoisotopic (exact) mass is 357 g/mol. The number of nitrogens with one attached hydrogen (secondary N) is 1. The number of amides is 1. The van der Waals surface area contributed by atoms with Crippen LogP contribution in [0.15, 0.2) is 30.3 Å². The summed E-state index contributed by atoms with van der Waals surface area (Å²) in [6.45, 7) is 4.78. The van der Waals surface area contributed by atoms with Crippen molar-refractivity contribution in [3.8, 4) is 5.75 Å². The highest BCUT2D eigenvalue weighted by Crippen LogP contribution is 2.39. The average molecular weight is 357 g/mol. The van der Waals surface area contributed by atoms with Crippen LogP contribution in [0.1, 0.15) is 20.8 Å². The maximum Gasteiger partial charge on any atom is 0.383 e. The number of ether oxygens (including phenoxy) is 2. The molecule has 0 spiro atoms. The van der Waals surface area contributed by atoms with E-state index in [2.05, 4.69) is 5.32 Å². The van der Waals surface area contributed by atoms with E-state index in [-0.39, 0.29) is 5.91 Å². The van der Waals surface area contributed by atoms with Crippen LogP contribution in [0, 0.1) is 0 Å². The zero-order chi connectivity index (χ0) is 17.5. The van der Waals surface area contributed by atoms with Gasteiger partial charge in [0.25, 0.3) is 0 Å². The topological polar surface area (TPSA) is 81.7 Å². The number of carbonyl (C=O) groups excluding carboxylic acids is 3. The van der Waals surface area contributed by atoms with Crippen molar-refractivity contribution >= 4 is 38.8 Å². The van der Waals surface area contributed by atoms with E-state index >= 15 is 0 Å². The normalized spacial score (nSPS) is 12.2. The van der Waals surface area contributed by atoms with Crippen LogP contribution in [0.4, 0.5) is 4.79 Å². The number of hydrogen-bond acceptors (Lipinski definition) is 7. The Balaban J connectivity index is 2.66. The molecular weight excluding hydrogens is 338 g/mol. The van der Waals surface area contributed by atoms with Gasteiger partial charge in [0.15, 0.2) is 0 Å². The fourth-order valence-electron chi connectivity index (χ4n) is 1.63. The summed E-state index contributed by atoms with van der Waals surface area (Å²) in [5, 5.41) is 2.03. The smallest absolute Gasteiger partial charge is 0.383 e. The first-order valence-corrected chi connectivity index (χ1v) is 8.88. The van der Waals surface area contributed by atoms with Crippen LogP contribution >= 0.6 is 21.6 Å². The second kappa shape index (κ2) is 8.83. The van der Waals surface area contributed by atoms with E-state index in [1.807, 2.05) is 6.07 Å². The lowest BCUT2D eigenvalue weighted by Crippen LogP contribution is -2.52. The minimum Gasteiger partial charge on any atom is -0.467 e. The molecule has 1 aromatic carbocycles. The van der Waals surface area contributed by atoms with Crippen molar-refractivity contribution < 1.29 is 23.9 Å². The standard InChI is InChI=1S/C15H19NO5S2/c1-10(17)16-12(13(18)20-4)15(2,3)23-22-14(19)21-11-8-6-5-7-9-11/h5-9,12H,1-4H3,(H,16,17). The highest BCUT2D eigenvalue weighted by atomic mass is 33.1. The lowest BCUT2D eigenvalue weighted by atomic mass is 10.0. The average Bonchev–Trinajstić information content (AvgIpc) is 2.51. The van der Waals surface area contributed by atoms with Crippen LogP contribution in [-0.4, -0.2) is 35.1 Å². The Morgan fingerprint density at radius 2 is 1.78 bits per heavy atom. The van der Waals surface area contributed by atoms with Gasteiger partial charge in [-0.25, -0.2) is 9.59 Å². The molecule has 1 rings (SSSR count). The molecule has 0 saturated heterocycles. The molecule has 0 aliphatic heterocycles. The van der Waals surface area contributed by atoms with Crippen LogP contribution in [0.5, 0.6) is 5.75 Å². The van der Waals surface area contributed by atoms with E-state index in [1.54, 1.807) is 38.1 Å². The minimum atomic E-state index is -0.882. The summed E-state index contributed by atoms with van der Waals surface area (Å²) >= 11 is 0. The van der Waals surface area contributed by atoms with E-state index < -0.39 is 22.1 Å². The van der Waals surface area contributed by atoms with Gasteiger partial charge in [0.05, 0.1) is 11.9 Å². The van der Waals surface area contributed by atoms with Gasteiger partial charge in [-0.15, -0.1) is 0 Å². The van der Waals surface area contributed by atoms with Crippen LogP contribution in [0.3, 0.4) is 0 Å². The third-order valence-corrected chi connectivity index (χ3v) is 5.66. The summed E-state index contributed by atoms with van der Waals surface area (Å²) in [7, 11) is 3.23. The molecule has 23 heavy (non-hydrogen) atoms. The van der Waals surface area contributed by atoms with Crippen LogP contribution in [0.2, 0.25) is 0 Å². The molecule has 1 atom stereocenters. The number of esters is 1. The van der Waals surface area contributed by atoms with Crippen LogP contribution in [0.25, 0.3) is 0 Å². The molecule has 0 bridgehead atoms. The Hall–Kier alpha value is -1.67. The molecule has 0 aliphatic rings. The maximum absolute atomic E-state index is 11.9. The Kier molecular flexibility index (Phi) is 7.44. The highest BCUT2D eigenvalue weighted by Gasteiger charge is 2.38. The van der Waals surface area contributed by atoms with Crippen molar-refractivity contribution in [2.24, 2.45) is 0 Å². The van der Waals surface area contributed by atoms with Crippen molar-refractivity contribution in [3.05, 3.63) is 30.3 Å². The molecule has 1 unspecified atom stereocenters. The lowest BCUT2D eigenvalue weighted by Gasteiger charge is -2.30. The second-order valence-corrected chi connectivity index (χ2v) is 7.81. The van der Waals surface area contributed by atoms with Crippen molar-refractivity contribution in [1.82, 2.24) is 5.32 Å². The highest BCUT2D eigenvalue weighted by molar-refractivity contribution is 8.82. The molecule has 1 aromatic rings. The molecule has 0 saturated carbocycles. The number of para-hydroxylation sites is 1. The third-order valence-electron chi connectivity index (χ3n) is 2.75. The van der Waals surface area contributed by atoms with Gasteiger partial charge in [-0.1, -0.05) is 29.0 Å². The summed E-state index contributed by atoms with van der Waals surface area (Å²) < 4.78 is 9.09. The zero-order valence-corrected chi connectivity index (χ0v) is 15.0. The molecule has 0 fully saturated rings. The Morgan fingerprint density at radius 3 is 2.30 bits per heavy atom. The van der Waals surface area contributed by atoms with E-state index in [9.17, 15) is 14.4 Å². The molecule has 0 aliphatic carbocycles. The van der Waals surface area contributed by atoms with Crippen molar-refractivity contribution in [3.63, 3.8) is 0 Å². The number of hydrogen-bond donors (Lipinski definition) is 1. The van der Waals surface area contributed by atoms with E-state index in [1.165, 1.54) is 14.0 Å². The zero-order valence-electron chi connectivity index (χ0n) is 13.3. The first-order chi connectivity index (χ1) is 10.8. The number of carbonyl (C=O) groups is 3. The summed E-state index contributed by atoms with van der Waals surface area (Å²) in [4.78, 5) is 35.0. The number of methoxy groups -OCH3 is 1. The molecule has 0 aromatic heterocycles. The molecule has 8 heteroatoms. The molecule has 6 nitrogen and oxygen atoms in total. The maximum atomic E-state index is 11.9.